The second-order valence-electron chi connectivity index (χ2n) is 7.19. The topological polar surface area (TPSA) is 69.4 Å². The van der Waals surface area contributed by atoms with Crippen LogP contribution in [0, 0.1) is 6.92 Å². The maximum absolute atomic E-state index is 6.05. The summed E-state index contributed by atoms with van der Waals surface area (Å²) in [5.41, 5.74) is 3.92. The smallest absolute Gasteiger partial charge is 0.271 e. The highest BCUT2D eigenvalue weighted by molar-refractivity contribution is 7.10. The minimum absolute atomic E-state index is 0.433. The maximum atomic E-state index is 6.05. The van der Waals surface area contributed by atoms with Crippen molar-refractivity contribution in [1.29, 1.82) is 0 Å². The predicted molar refractivity (Wildman–Crippen MR) is 106 cm³/mol. The molecule has 0 fully saturated rings. The van der Waals surface area contributed by atoms with E-state index >= 15 is 0 Å². The summed E-state index contributed by atoms with van der Waals surface area (Å²) in [5.74, 6) is 1.79. The Morgan fingerprint density at radius 3 is 2.89 bits per heavy atom. The van der Waals surface area contributed by atoms with Gasteiger partial charge in [-0.15, -0.1) is 21.5 Å². The van der Waals surface area contributed by atoms with E-state index in [0.717, 1.165) is 29.8 Å². The summed E-state index contributed by atoms with van der Waals surface area (Å²) < 4.78 is 11.5. The monoisotopic (exact) mass is 393 g/mol. The van der Waals surface area contributed by atoms with Crippen LogP contribution in [0.4, 0.5) is 0 Å². The number of nitrogens with zero attached hydrogens (tertiary/aromatic N) is 3. The summed E-state index contributed by atoms with van der Waals surface area (Å²) in [6, 6.07) is 12.6. The zero-order valence-corrected chi connectivity index (χ0v) is 16.6. The van der Waals surface area contributed by atoms with Crippen LogP contribution in [0.5, 0.6) is 0 Å². The molecule has 28 heavy (non-hydrogen) atoms. The molecular formula is C21H21N4O2S+. The molecule has 1 aliphatic heterocycles. The number of hydrogen-bond acceptors (Lipinski definition) is 6. The van der Waals surface area contributed by atoms with Crippen molar-refractivity contribution in [2.45, 2.75) is 32.9 Å². The first-order chi connectivity index (χ1) is 13.7. The number of rotatable bonds is 4. The molecule has 2 atom stereocenters. The Hall–Kier alpha value is -2.77. The van der Waals surface area contributed by atoms with Crippen molar-refractivity contribution >= 4 is 11.3 Å². The second-order valence-corrected chi connectivity index (χ2v) is 8.19. The Morgan fingerprint density at radius 2 is 2.04 bits per heavy atom. The summed E-state index contributed by atoms with van der Waals surface area (Å²) in [6.07, 6.45) is 1.11. The first-order valence-corrected chi connectivity index (χ1v) is 10.3. The minimum atomic E-state index is 0.433. The molecule has 0 aliphatic carbocycles. The maximum Gasteiger partial charge on any atom is 0.271 e. The Bertz CT molecular complexity index is 1100. The Morgan fingerprint density at radius 1 is 1.18 bits per heavy atom. The van der Waals surface area contributed by atoms with Crippen LogP contribution in [0.3, 0.4) is 0 Å². The Kier molecular flexibility index (Phi) is 4.33. The molecule has 0 bridgehead atoms. The molecule has 1 unspecified atom stereocenters. The SMILES string of the molecule is Cc1onc(-c2ccccc2)c1-c1nnc(C[NH+]2CCc3sccc3[C@@H]2C)o1. The van der Waals surface area contributed by atoms with Gasteiger partial charge in [-0.3, -0.25) is 0 Å². The molecule has 142 valence electrons. The zero-order chi connectivity index (χ0) is 19.1. The van der Waals surface area contributed by atoms with Gasteiger partial charge in [0.05, 0.1) is 6.54 Å². The number of quaternary nitrogens is 1. The molecule has 1 aromatic carbocycles. The van der Waals surface area contributed by atoms with E-state index in [1.807, 2.05) is 48.6 Å². The first kappa shape index (κ1) is 17.3. The van der Waals surface area contributed by atoms with Gasteiger partial charge in [0.1, 0.15) is 23.1 Å². The van der Waals surface area contributed by atoms with Crippen molar-refractivity contribution in [3.05, 3.63) is 63.9 Å². The van der Waals surface area contributed by atoms with Crippen molar-refractivity contribution < 1.29 is 13.8 Å². The van der Waals surface area contributed by atoms with E-state index in [2.05, 4.69) is 33.7 Å². The third kappa shape index (κ3) is 2.96. The fourth-order valence-electron chi connectivity index (χ4n) is 3.93. The molecule has 0 saturated carbocycles. The highest BCUT2D eigenvalue weighted by Gasteiger charge is 2.30. The highest BCUT2D eigenvalue weighted by Crippen LogP contribution is 2.33. The van der Waals surface area contributed by atoms with Gasteiger partial charge in [-0.1, -0.05) is 35.5 Å². The van der Waals surface area contributed by atoms with Crippen LogP contribution in [0.25, 0.3) is 22.7 Å². The number of benzene rings is 1. The van der Waals surface area contributed by atoms with E-state index in [0.29, 0.717) is 30.1 Å². The summed E-state index contributed by atoms with van der Waals surface area (Å²) in [5, 5.41) is 15.0. The normalized spacial score (nSPS) is 18.9. The first-order valence-electron chi connectivity index (χ1n) is 9.46. The molecule has 7 heteroatoms. The Balaban J connectivity index is 1.42. The lowest BCUT2D eigenvalue weighted by atomic mass is 10.0. The van der Waals surface area contributed by atoms with Gasteiger partial charge in [0.25, 0.3) is 11.8 Å². The van der Waals surface area contributed by atoms with Gasteiger partial charge in [0.15, 0.2) is 6.54 Å². The molecule has 5 rings (SSSR count). The number of nitrogens with one attached hydrogen (secondary N) is 1. The lowest BCUT2D eigenvalue weighted by molar-refractivity contribution is -0.946. The quantitative estimate of drug-likeness (QED) is 0.575. The molecule has 3 aromatic heterocycles. The average molecular weight is 393 g/mol. The Labute approximate surface area is 166 Å². The third-order valence-electron chi connectivity index (χ3n) is 5.50. The molecule has 1 N–H and O–H groups in total. The number of thiophene rings is 1. The predicted octanol–water partition coefficient (Wildman–Crippen LogP) is 3.46. The zero-order valence-electron chi connectivity index (χ0n) is 15.8. The van der Waals surface area contributed by atoms with Gasteiger partial charge >= 0.3 is 0 Å². The van der Waals surface area contributed by atoms with Gasteiger partial charge < -0.3 is 13.8 Å². The summed E-state index contributed by atoms with van der Waals surface area (Å²) in [7, 11) is 0. The van der Waals surface area contributed by atoms with E-state index in [-0.39, 0.29) is 0 Å². The fourth-order valence-corrected chi connectivity index (χ4v) is 4.91. The van der Waals surface area contributed by atoms with Gasteiger partial charge in [0, 0.05) is 22.4 Å². The largest absolute Gasteiger partial charge is 0.415 e. The molecule has 0 spiro atoms. The number of aryl methyl sites for hydroxylation is 1. The van der Waals surface area contributed by atoms with Crippen LogP contribution in [0.1, 0.15) is 35.1 Å². The van der Waals surface area contributed by atoms with Crippen molar-refractivity contribution in [3.8, 4) is 22.7 Å². The summed E-state index contributed by atoms with van der Waals surface area (Å²) in [6.45, 7) is 5.94. The van der Waals surface area contributed by atoms with Crippen LogP contribution in [0.15, 0.2) is 50.7 Å². The standard InChI is InChI=1S/C21H20N4O2S/c1-13-16-9-11-28-17(16)8-10-25(13)12-18-22-23-21(26-18)19-14(2)27-24-20(19)15-6-4-3-5-7-15/h3-7,9,11,13H,8,10,12H2,1-2H3/p+1/t13-/m0/s1. The van der Waals surface area contributed by atoms with E-state index in [9.17, 15) is 0 Å². The van der Waals surface area contributed by atoms with Gasteiger partial charge in [-0.2, -0.15) is 0 Å². The molecule has 6 nitrogen and oxygen atoms in total. The third-order valence-corrected chi connectivity index (χ3v) is 6.50. The molecule has 0 amide bonds. The molecule has 1 aliphatic rings. The number of aromatic nitrogens is 3. The van der Waals surface area contributed by atoms with Crippen LogP contribution >= 0.6 is 11.3 Å². The molecule has 4 aromatic rings. The molecule has 0 radical (unpaired) electrons. The lowest BCUT2D eigenvalue weighted by Gasteiger charge is -2.29. The van der Waals surface area contributed by atoms with Crippen molar-refractivity contribution in [3.63, 3.8) is 0 Å². The number of hydrogen-bond donors (Lipinski definition) is 1. The van der Waals surface area contributed by atoms with Gasteiger partial charge in [0.2, 0.25) is 0 Å². The fraction of sp³-hybridized carbons (Fsp3) is 0.286. The molecule has 0 saturated heterocycles. The summed E-state index contributed by atoms with van der Waals surface area (Å²) in [4.78, 5) is 2.96. The van der Waals surface area contributed by atoms with Crippen LogP contribution in [0.2, 0.25) is 0 Å². The average Bonchev–Trinajstić information content (AvgIpc) is 3.44. The minimum Gasteiger partial charge on any atom is -0.415 e. The van der Waals surface area contributed by atoms with E-state index in [1.165, 1.54) is 15.3 Å². The van der Waals surface area contributed by atoms with Gasteiger partial charge in [-0.05, 0) is 25.3 Å². The highest BCUT2D eigenvalue weighted by atomic mass is 32.1. The van der Waals surface area contributed by atoms with E-state index in [4.69, 9.17) is 8.94 Å². The molecular weight excluding hydrogens is 372 g/mol. The van der Waals surface area contributed by atoms with Crippen molar-refractivity contribution in [1.82, 2.24) is 15.4 Å². The number of fused-ring (bicyclic) bond motifs is 1. The van der Waals surface area contributed by atoms with Crippen molar-refractivity contribution in [2.24, 2.45) is 0 Å². The van der Waals surface area contributed by atoms with E-state index in [1.54, 1.807) is 0 Å². The van der Waals surface area contributed by atoms with Gasteiger partial charge in [-0.25, -0.2) is 0 Å². The van der Waals surface area contributed by atoms with E-state index < -0.39 is 0 Å². The van der Waals surface area contributed by atoms with Crippen LogP contribution in [-0.4, -0.2) is 21.9 Å². The van der Waals surface area contributed by atoms with Crippen LogP contribution in [-0.2, 0) is 13.0 Å². The van der Waals surface area contributed by atoms with Crippen molar-refractivity contribution in [2.75, 3.05) is 6.54 Å². The second kappa shape index (κ2) is 7.00. The summed E-state index contributed by atoms with van der Waals surface area (Å²) >= 11 is 1.86. The molecule has 4 heterocycles. The lowest BCUT2D eigenvalue weighted by Crippen LogP contribution is -3.11. The van der Waals surface area contributed by atoms with Crippen LogP contribution < -0.4 is 4.90 Å².